The number of piperidine rings is 2. The van der Waals surface area contributed by atoms with Crippen LogP contribution >= 0.6 is 0 Å². The molecule has 2 aromatic heterocycles. The molecule has 2 aliphatic rings. The van der Waals surface area contributed by atoms with Gasteiger partial charge in [-0.3, -0.25) is 9.69 Å². The molecule has 1 N–H and O–H groups in total. The van der Waals surface area contributed by atoms with E-state index in [0.717, 1.165) is 79.4 Å². The Kier molecular flexibility index (Phi) is 7.00. The lowest BCUT2D eigenvalue weighted by atomic mass is 9.95. The van der Waals surface area contributed by atoms with Crippen molar-refractivity contribution in [3.05, 3.63) is 41.7 Å². The van der Waals surface area contributed by atoms with Crippen molar-refractivity contribution in [1.82, 2.24) is 30.2 Å². The molecule has 2 fully saturated rings. The SMILES string of the molecule is Cc1nnc(N2CCC(C(=O)NCCN3CCCC[C@@H]3C)CC2)c2nn(-c3ccccc3)c(C)c12. The number of nitrogens with zero attached hydrogens (tertiary/aromatic N) is 6. The number of benzene rings is 1. The number of rotatable bonds is 6. The number of fused-ring (bicyclic) bond motifs is 1. The van der Waals surface area contributed by atoms with Crippen molar-refractivity contribution in [1.29, 1.82) is 0 Å². The second-order valence-corrected chi connectivity index (χ2v) is 10.1. The number of likely N-dealkylation sites (tertiary alicyclic amines) is 1. The molecule has 0 saturated carbocycles. The molecule has 0 spiro atoms. The maximum Gasteiger partial charge on any atom is 0.223 e. The van der Waals surface area contributed by atoms with Crippen LogP contribution in [-0.2, 0) is 4.79 Å². The largest absolute Gasteiger partial charge is 0.355 e. The minimum absolute atomic E-state index is 0.0579. The number of nitrogens with one attached hydrogen (secondary N) is 1. The van der Waals surface area contributed by atoms with Crippen LogP contribution in [0.25, 0.3) is 16.6 Å². The molecule has 8 nitrogen and oxygen atoms in total. The molecule has 2 aliphatic heterocycles. The van der Waals surface area contributed by atoms with Gasteiger partial charge in [-0.25, -0.2) is 4.68 Å². The minimum atomic E-state index is 0.0579. The van der Waals surface area contributed by atoms with E-state index in [0.29, 0.717) is 6.04 Å². The molecule has 8 heteroatoms. The van der Waals surface area contributed by atoms with E-state index in [4.69, 9.17) is 5.10 Å². The maximum atomic E-state index is 12.8. The van der Waals surface area contributed by atoms with Gasteiger partial charge in [-0.05, 0) is 65.1 Å². The van der Waals surface area contributed by atoms with Crippen LogP contribution in [0, 0.1) is 19.8 Å². The normalized spacial score (nSPS) is 19.9. The molecule has 1 atom stereocenters. The van der Waals surface area contributed by atoms with E-state index in [1.165, 1.54) is 19.3 Å². The Hall–Kier alpha value is -3.00. The number of aromatic nitrogens is 4. The molecule has 1 aromatic carbocycles. The number of anilines is 1. The van der Waals surface area contributed by atoms with Gasteiger partial charge in [0.05, 0.1) is 22.5 Å². The van der Waals surface area contributed by atoms with Gasteiger partial charge in [-0.1, -0.05) is 24.6 Å². The summed E-state index contributed by atoms with van der Waals surface area (Å²) < 4.78 is 1.98. The van der Waals surface area contributed by atoms with Crippen molar-refractivity contribution in [2.75, 3.05) is 37.6 Å². The summed E-state index contributed by atoms with van der Waals surface area (Å²) >= 11 is 0. The zero-order valence-corrected chi connectivity index (χ0v) is 21.2. The van der Waals surface area contributed by atoms with Gasteiger partial charge in [-0.15, -0.1) is 5.10 Å². The summed E-state index contributed by atoms with van der Waals surface area (Å²) in [4.78, 5) is 17.6. The van der Waals surface area contributed by atoms with Crippen molar-refractivity contribution in [2.45, 2.75) is 58.9 Å². The van der Waals surface area contributed by atoms with Gasteiger partial charge in [0.25, 0.3) is 0 Å². The number of carbonyl (C=O) groups excluding carboxylic acids is 1. The Morgan fingerprint density at radius 2 is 1.80 bits per heavy atom. The molecule has 1 amide bonds. The van der Waals surface area contributed by atoms with Crippen LogP contribution in [-0.4, -0.2) is 69.6 Å². The van der Waals surface area contributed by atoms with Crippen LogP contribution in [0.2, 0.25) is 0 Å². The fourth-order valence-electron chi connectivity index (χ4n) is 5.66. The minimum Gasteiger partial charge on any atom is -0.355 e. The lowest BCUT2D eigenvalue weighted by Crippen LogP contribution is -2.45. The average molecular weight is 476 g/mol. The first-order valence-electron chi connectivity index (χ1n) is 13.1. The molecule has 4 heterocycles. The Morgan fingerprint density at radius 1 is 1.03 bits per heavy atom. The summed E-state index contributed by atoms with van der Waals surface area (Å²) in [7, 11) is 0. The molecular weight excluding hydrogens is 438 g/mol. The van der Waals surface area contributed by atoms with Gasteiger partial charge < -0.3 is 10.2 Å². The summed E-state index contributed by atoms with van der Waals surface area (Å²) in [6.45, 7) is 10.8. The van der Waals surface area contributed by atoms with Crippen LogP contribution < -0.4 is 10.2 Å². The summed E-state index contributed by atoms with van der Waals surface area (Å²) in [5.74, 6) is 1.07. The highest BCUT2D eigenvalue weighted by Crippen LogP contribution is 2.31. The lowest BCUT2D eigenvalue weighted by molar-refractivity contribution is -0.125. The molecular formula is C27H37N7O. The van der Waals surface area contributed by atoms with Crippen LogP contribution in [0.3, 0.4) is 0 Å². The first-order chi connectivity index (χ1) is 17.0. The van der Waals surface area contributed by atoms with Crippen LogP contribution in [0.5, 0.6) is 0 Å². The number of hydrogen-bond donors (Lipinski definition) is 1. The van der Waals surface area contributed by atoms with Gasteiger partial charge in [0.1, 0.15) is 5.52 Å². The predicted octanol–water partition coefficient (Wildman–Crippen LogP) is 3.64. The standard InChI is InChI=1S/C27H37N7O/c1-19-9-7-8-15-32(19)18-14-28-27(35)22-12-16-33(17-13-22)26-25-24(20(2)29-30-26)21(3)34(31-25)23-10-5-4-6-11-23/h4-6,10-11,19,22H,7-9,12-18H2,1-3H3,(H,28,35)/t19-/m0/s1. The molecule has 35 heavy (non-hydrogen) atoms. The fraction of sp³-hybridized carbons (Fsp3) is 0.556. The summed E-state index contributed by atoms with van der Waals surface area (Å²) in [5, 5.41) is 18.2. The van der Waals surface area contributed by atoms with Crippen molar-refractivity contribution in [3.63, 3.8) is 0 Å². The predicted molar refractivity (Wildman–Crippen MR) is 139 cm³/mol. The zero-order chi connectivity index (χ0) is 24.4. The Morgan fingerprint density at radius 3 is 2.54 bits per heavy atom. The topological polar surface area (TPSA) is 79.2 Å². The van der Waals surface area contributed by atoms with E-state index in [9.17, 15) is 4.79 Å². The third-order valence-electron chi connectivity index (χ3n) is 7.79. The molecule has 0 bridgehead atoms. The highest BCUT2D eigenvalue weighted by molar-refractivity contribution is 5.92. The van der Waals surface area contributed by atoms with Crippen molar-refractivity contribution < 1.29 is 4.79 Å². The third kappa shape index (κ3) is 4.89. The highest BCUT2D eigenvalue weighted by Gasteiger charge is 2.28. The first-order valence-corrected chi connectivity index (χ1v) is 13.1. The number of carbonyl (C=O) groups is 1. The summed E-state index contributed by atoms with van der Waals surface area (Å²) in [6, 6.07) is 10.8. The van der Waals surface area contributed by atoms with Crippen LogP contribution in [0.1, 0.15) is 50.4 Å². The molecule has 0 unspecified atom stereocenters. The Bertz CT molecular complexity index is 1170. The van der Waals surface area contributed by atoms with Gasteiger partial charge in [0.2, 0.25) is 5.91 Å². The molecule has 5 rings (SSSR count). The van der Waals surface area contributed by atoms with E-state index in [-0.39, 0.29) is 11.8 Å². The van der Waals surface area contributed by atoms with Gasteiger partial charge in [0.15, 0.2) is 5.82 Å². The Balaban J connectivity index is 1.24. The van der Waals surface area contributed by atoms with Crippen molar-refractivity contribution in [2.24, 2.45) is 5.92 Å². The third-order valence-corrected chi connectivity index (χ3v) is 7.79. The first kappa shape index (κ1) is 23.7. The van der Waals surface area contributed by atoms with Crippen LogP contribution in [0.4, 0.5) is 5.82 Å². The fourth-order valence-corrected chi connectivity index (χ4v) is 5.66. The van der Waals surface area contributed by atoms with Gasteiger partial charge in [-0.2, -0.15) is 10.2 Å². The smallest absolute Gasteiger partial charge is 0.223 e. The second kappa shape index (κ2) is 10.3. The highest BCUT2D eigenvalue weighted by atomic mass is 16.1. The molecule has 3 aromatic rings. The summed E-state index contributed by atoms with van der Waals surface area (Å²) in [5.41, 5.74) is 3.87. The monoisotopic (exact) mass is 475 g/mol. The zero-order valence-electron chi connectivity index (χ0n) is 21.2. The Labute approximate surface area is 207 Å². The quantitative estimate of drug-likeness (QED) is 0.586. The number of aryl methyl sites for hydroxylation is 2. The van der Waals surface area contributed by atoms with Crippen molar-refractivity contribution in [3.8, 4) is 5.69 Å². The average Bonchev–Trinajstić information content (AvgIpc) is 3.24. The van der Waals surface area contributed by atoms with Crippen LogP contribution in [0.15, 0.2) is 30.3 Å². The number of amides is 1. The maximum absolute atomic E-state index is 12.8. The van der Waals surface area contributed by atoms with Crippen molar-refractivity contribution >= 4 is 22.6 Å². The summed E-state index contributed by atoms with van der Waals surface area (Å²) in [6.07, 6.45) is 5.51. The molecule has 186 valence electrons. The van der Waals surface area contributed by atoms with Gasteiger partial charge in [0, 0.05) is 38.1 Å². The van der Waals surface area contributed by atoms with E-state index in [2.05, 4.69) is 51.3 Å². The van der Waals surface area contributed by atoms with Gasteiger partial charge >= 0.3 is 0 Å². The van der Waals surface area contributed by atoms with E-state index < -0.39 is 0 Å². The molecule has 2 saturated heterocycles. The van der Waals surface area contributed by atoms with E-state index >= 15 is 0 Å². The molecule has 0 aliphatic carbocycles. The number of para-hydroxylation sites is 1. The lowest BCUT2D eigenvalue weighted by Gasteiger charge is -2.34. The molecule has 0 radical (unpaired) electrons. The van der Waals surface area contributed by atoms with E-state index in [1.807, 2.05) is 29.8 Å². The number of hydrogen-bond acceptors (Lipinski definition) is 6. The van der Waals surface area contributed by atoms with E-state index in [1.54, 1.807) is 0 Å². The second-order valence-electron chi connectivity index (χ2n) is 10.1.